The summed E-state index contributed by atoms with van der Waals surface area (Å²) < 4.78 is 6.55. The van der Waals surface area contributed by atoms with Crippen LogP contribution < -0.4 is 5.73 Å². The lowest BCUT2D eigenvalue weighted by Gasteiger charge is -2.17. The fraction of sp³-hybridized carbons (Fsp3) is 0.125. The summed E-state index contributed by atoms with van der Waals surface area (Å²) in [6, 6.07) is 11.8. The molecule has 0 aliphatic rings. The van der Waals surface area contributed by atoms with Crippen molar-refractivity contribution in [3.8, 4) is 0 Å². The van der Waals surface area contributed by atoms with Gasteiger partial charge in [-0.05, 0) is 29.8 Å². The summed E-state index contributed by atoms with van der Waals surface area (Å²) in [5.74, 6) is -0.408. The maximum Gasteiger partial charge on any atom is 0.335 e. The van der Waals surface area contributed by atoms with E-state index in [0.29, 0.717) is 10.7 Å². The van der Waals surface area contributed by atoms with Crippen molar-refractivity contribution < 1.29 is 9.53 Å². The van der Waals surface area contributed by atoms with E-state index in [2.05, 4.69) is 5.10 Å². The summed E-state index contributed by atoms with van der Waals surface area (Å²) in [5, 5.41) is 5.72. The van der Waals surface area contributed by atoms with Gasteiger partial charge in [0.05, 0.1) is 18.8 Å². The SMILES string of the molecule is COC(=O)C(c1ccc(Cl)cc1)n1ncc2c(N)cccc21. The summed E-state index contributed by atoms with van der Waals surface area (Å²) in [6.45, 7) is 0. The molecule has 0 saturated carbocycles. The minimum Gasteiger partial charge on any atom is -0.467 e. The van der Waals surface area contributed by atoms with Gasteiger partial charge in [-0.2, -0.15) is 5.10 Å². The van der Waals surface area contributed by atoms with Crippen molar-refractivity contribution >= 4 is 34.2 Å². The first-order chi connectivity index (χ1) is 10.6. The summed E-state index contributed by atoms with van der Waals surface area (Å²) in [4.78, 5) is 12.3. The van der Waals surface area contributed by atoms with Crippen molar-refractivity contribution in [2.75, 3.05) is 12.8 Å². The largest absolute Gasteiger partial charge is 0.467 e. The smallest absolute Gasteiger partial charge is 0.335 e. The number of nitrogens with zero attached hydrogens (tertiary/aromatic N) is 2. The summed E-state index contributed by atoms with van der Waals surface area (Å²) in [5.41, 5.74) is 8.07. The highest BCUT2D eigenvalue weighted by atomic mass is 35.5. The van der Waals surface area contributed by atoms with E-state index >= 15 is 0 Å². The minimum atomic E-state index is -0.693. The van der Waals surface area contributed by atoms with E-state index in [1.807, 2.05) is 12.1 Å². The van der Waals surface area contributed by atoms with Gasteiger partial charge in [-0.25, -0.2) is 9.48 Å². The Labute approximate surface area is 132 Å². The molecule has 0 spiro atoms. The molecular weight excluding hydrogens is 302 g/mol. The lowest BCUT2D eigenvalue weighted by atomic mass is 10.1. The number of nitrogen functional groups attached to an aromatic ring is 1. The molecule has 1 heterocycles. The zero-order valence-electron chi connectivity index (χ0n) is 11.9. The van der Waals surface area contributed by atoms with Crippen LogP contribution in [0.1, 0.15) is 11.6 Å². The average Bonchev–Trinajstić information content (AvgIpc) is 2.94. The molecule has 0 aliphatic carbocycles. The standard InChI is InChI=1S/C16H14ClN3O2/c1-22-16(21)15(10-5-7-11(17)8-6-10)20-14-4-2-3-13(18)12(14)9-19-20/h2-9,15H,18H2,1H3. The Balaban J connectivity index is 2.18. The minimum absolute atomic E-state index is 0.408. The van der Waals surface area contributed by atoms with Crippen LogP contribution >= 0.6 is 11.6 Å². The molecule has 22 heavy (non-hydrogen) atoms. The van der Waals surface area contributed by atoms with Gasteiger partial charge in [0, 0.05) is 16.1 Å². The van der Waals surface area contributed by atoms with Gasteiger partial charge in [-0.15, -0.1) is 0 Å². The van der Waals surface area contributed by atoms with Crippen LogP contribution in [0.4, 0.5) is 5.69 Å². The number of methoxy groups -OCH3 is 1. The van der Waals surface area contributed by atoms with E-state index in [0.717, 1.165) is 16.5 Å². The number of halogens is 1. The zero-order valence-corrected chi connectivity index (χ0v) is 12.6. The fourth-order valence-electron chi connectivity index (χ4n) is 2.43. The first-order valence-corrected chi connectivity index (χ1v) is 7.04. The molecule has 2 N–H and O–H groups in total. The van der Waals surface area contributed by atoms with Gasteiger partial charge >= 0.3 is 5.97 Å². The van der Waals surface area contributed by atoms with Gasteiger partial charge < -0.3 is 10.5 Å². The molecule has 2 aromatic carbocycles. The molecule has 0 aliphatic heterocycles. The Bertz CT molecular complexity index is 827. The first kappa shape index (κ1) is 14.4. The molecule has 0 fully saturated rings. The van der Waals surface area contributed by atoms with Crippen molar-refractivity contribution in [2.45, 2.75) is 6.04 Å². The molecule has 1 atom stereocenters. The van der Waals surface area contributed by atoms with Crippen LogP contribution in [-0.4, -0.2) is 22.9 Å². The van der Waals surface area contributed by atoms with E-state index in [1.165, 1.54) is 7.11 Å². The normalized spacial score (nSPS) is 12.3. The molecule has 0 radical (unpaired) electrons. The fourth-order valence-corrected chi connectivity index (χ4v) is 2.56. The van der Waals surface area contributed by atoms with Crippen LogP contribution in [0.3, 0.4) is 0 Å². The van der Waals surface area contributed by atoms with Crippen molar-refractivity contribution in [1.29, 1.82) is 0 Å². The monoisotopic (exact) mass is 315 g/mol. The quantitative estimate of drug-likeness (QED) is 0.596. The van der Waals surface area contributed by atoms with Gasteiger partial charge in [0.25, 0.3) is 0 Å². The highest BCUT2D eigenvalue weighted by Crippen LogP contribution is 2.28. The second-order valence-corrected chi connectivity index (χ2v) is 5.28. The lowest BCUT2D eigenvalue weighted by molar-refractivity contribution is -0.143. The third-order valence-corrected chi connectivity index (χ3v) is 3.78. The number of aromatic nitrogens is 2. The van der Waals surface area contributed by atoms with Crippen molar-refractivity contribution in [3.05, 3.63) is 59.2 Å². The number of ether oxygens (including phenoxy) is 1. The van der Waals surface area contributed by atoms with E-state index in [4.69, 9.17) is 22.1 Å². The Morgan fingerprint density at radius 2 is 2.00 bits per heavy atom. The Morgan fingerprint density at radius 3 is 2.68 bits per heavy atom. The topological polar surface area (TPSA) is 70.1 Å². The molecule has 1 aromatic heterocycles. The number of rotatable bonds is 3. The molecule has 3 rings (SSSR count). The summed E-state index contributed by atoms with van der Waals surface area (Å²) in [7, 11) is 1.35. The number of benzene rings is 2. The molecule has 3 aromatic rings. The van der Waals surface area contributed by atoms with Crippen LogP contribution in [0.2, 0.25) is 5.02 Å². The maximum absolute atomic E-state index is 12.3. The van der Waals surface area contributed by atoms with Gasteiger partial charge in [-0.3, -0.25) is 0 Å². The predicted molar refractivity (Wildman–Crippen MR) is 85.8 cm³/mol. The lowest BCUT2D eigenvalue weighted by Crippen LogP contribution is -2.23. The number of esters is 1. The number of nitrogens with two attached hydrogens (primary N) is 1. The second kappa shape index (κ2) is 5.69. The van der Waals surface area contributed by atoms with Gasteiger partial charge in [0.1, 0.15) is 0 Å². The molecule has 112 valence electrons. The highest BCUT2D eigenvalue weighted by Gasteiger charge is 2.26. The number of fused-ring (bicyclic) bond motifs is 1. The van der Waals surface area contributed by atoms with Crippen LogP contribution in [0.5, 0.6) is 0 Å². The Morgan fingerprint density at radius 1 is 1.27 bits per heavy atom. The number of carbonyl (C=O) groups excluding carboxylic acids is 1. The van der Waals surface area contributed by atoms with Crippen molar-refractivity contribution in [1.82, 2.24) is 9.78 Å². The molecule has 5 nitrogen and oxygen atoms in total. The zero-order chi connectivity index (χ0) is 15.7. The van der Waals surface area contributed by atoms with Gasteiger partial charge in [0.15, 0.2) is 6.04 Å². The Kier molecular flexibility index (Phi) is 3.73. The number of anilines is 1. The first-order valence-electron chi connectivity index (χ1n) is 6.67. The van der Waals surface area contributed by atoms with Crippen molar-refractivity contribution in [2.24, 2.45) is 0 Å². The molecule has 1 unspecified atom stereocenters. The number of carbonyl (C=O) groups is 1. The van der Waals surface area contributed by atoms with E-state index in [-0.39, 0.29) is 0 Å². The maximum atomic E-state index is 12.3. The molecule has 0 bridgehead atoms. The highest BCUT2D eigenvalue weighted by molar-refractivity contribution is 6.30. The predicted octanol–water partition coefficient (Wildman–Crippen LogP) is 3.03. The summed E-state index contributed by atoms with van der Waals surface area (Å²) in [6.07, 6.45) is 1.65. The van der Waals surface area contributed by atoms with E-state index in [9.17, 15) is 4.79 Å². The van der Waals surface area contributed by atoms with Gasteiger partial charge in [0.2, 0.25) is 0 Å². The average molecular weight is 316 g/mol. The molecular formula is C16H14ClN3O2. The number of hydrogen-bond acceptors (Lipinski definition) is 4. The molecule has 6 heteroatoms. The Hall–Kier alpha value is -2.53. The second-order valence-electron chi connectivity index (χ2n) is 4.85. The number of hydrogen-bond donors (Lipinski definition) is 1. The van der Waals surface area contributed by atoms with Crippen LogP contribution in [0, 0.1) is 0 Å². The molecule has 0 saturated heterocycles. The summed E-state index contributed by atoms with van der Waals surface area (Å²) >= 11 is 5.92. The van der Waals surface area contributed by atoms with E-state index < -0.39 is 12.0 Å². The van der Waals surface area contributed by atoms with Crippen LogP contribution in [0.25, 0.3) is 10.9 Å². The van der Waals surface area contributed by atoms with E-state index in [1.54, 1.807) is 41.2 Å². The van der Waals surface area contributed by atoms with Crippen molar-refractivity contribution in [3.63, 3.8) is 0 Å². The van der Waals surface area contributed by atoms with Gasteiger partial charge in [-0.1, -0.05) is 29.8 Å². The molecule has 0 amide bonds. The van der Waals surface area contributed by atoms with Crippen LogP contribution in [-0.2, 0) is 9.53 Å². The third kappa shape index (κ3) is 2.40. The third-order valence-electron chi connectivity index (χ3n) is 3.53. The van der Waals surface area contributed by atoms with Crippen LogP contribution in [0.15, 0.2) is 48.7 Å².